The van der Waals surface area contributed by atoms with E-state index in [1.54, 1.807) is 18.3 Å². The Labute approximate surface area is 116 Å². The predicted octanol–water partition coefficient (Wildman–Crippen LogP) is 0.898. The molecule has 1 aromatic carbocycles. The van der Waals surface area contributed by atoms with Gasteiger partial charge in [-0.05, 0) is 30.5 Å². The first-order valence-corrected chi connectivity index (χ1v) is 6.81. The van der Waals surface area contributed by atoms with Crippen molar-refractivity contribution in [3.05, 3.63) is 35.6 Å². The van der Waals surface area contributed by atoms with E-state index in [0.717, 1.165) is 24.9 Å². The molecule has 3 rings (SSSR count). The average Bonchev–Trinajstić information content (AvgIpc) is 3.20. The Hall–Kier alpha value is -1.79. The van der Waals surface area contributed by atoms with Crippen molar-refractivity contribution >= 4 is 12.1 Å². The standard InChI is InChI=1S/C14H17FN4O/c15-11-5-3-9(4-6-11)12-7-16-18-13(12)8-17-19-14(20)10-1-2-10/h3-6,8,10,12-13,16,18H,1-2,7H2,(H,19,20)/b17-8+. The van der Waals surface area contributed by atoms with E-state index in [-0.39, 0.29) is 29.6 Å². The minimum atomic E-state index is -0.241. The average molecular weight is 276 g/mol. The topological polar surface area (TPSA) is 65.5 Å². The zero-order valence-electron chi connectivity index (χ0n) is 11.0. The summed E-state index contributed by atoms with van der Waals surface area (Å²) in [7, 11) is 0. The number of rotatable bonds is 4. The van der Waals surface area contributed by atoms with Crippen LogP contribution in [0.2, 0.25) is 0 Å². The van der Waals surface area contributed by atoms with Gasteiger partial charge >= 0.3 is 0 Å². The van der Waals surface area contributed by atoms with Gasteiger partial charge < -0.3 is 0 Å². The van der Waals surface area contributed by atoms with Crippen LogP contribution in [0.5, 0.6) is 0 Å². The minimum Gasteiger partial charge on any atom is -0.273 e. The lowest BCUT2D eigenvalue weighted by Gasteiger charge is -2.14. The predicted molar refractivity (Wildman–Crippen MR) is 73.4 cm³/mol. The third kappa shape index (κ3) is 3.02. The van der Waals surface area contributed by atoms with Gasteiger partial charge in [-0.25, -0.2) is 15.2 Å². The molecule has 1 aliphatic heterocycles. The third-order valence-electron chi connectivity index (χ3n) is 3.68. The van der Waals surface area contributed by atoms with Crippen LogP contribution in [0.1, 0.15) is 24.3 Å². The molecule has 1 saturated heterocycles. The lowest BCUT2D eigenvalue weighted by atomic mass is 9.94. The molecule has 1 aromatic rings. The molecule has 3 N–H and O–H groups in total. The van der Waals surface area contributed by atoms with Crippen LogP contribution in [0, 0.1) is 11.7 Å². The number of halogens is 1. The first-order chi connectivity index (χ1) is 9.74. The molecule has 1 amide bonds. The van der Waals surface area contributed by atoms with Gasteiger partial charge in [0.25, 0.3) is 0 Å². The summed E-state index contributed by atoms with van der Waals surface area (Å²) in [5.74, 6) is 0.0620. The minimum absolute atomic E-state index is 0.00876. The van der Waals surface area contributed by atoms with Gasteiger partial charge in [0.05, 0.1) is 6.04 Å². The summed E-state index contributed by atoms with van der Waals surface area (Å²) in [5, 5.41) is 4.01. The van der Waals surface area contributed by atoms with Crippen LogP contribution >= 0.6 is 0 Å². The number of hydrogen-bond donors (Lipinski definition) is 3. The highest BCUT2D eigenvalue weighted by Crippen LogP contribution is 2.28. The highest BCUT2D eigenvalue weighted by atomic mass is 19.1. The molecule has 0 spiro atoms. The van der Waals surface area contributed by atoms with Gasteiger partial charge in [-0.15, -0.1) is 0 Å². The van der Waals surface area contributed by atoms with Gasteiger partial charge in [0.2, 0.25) is 5.91 Å². The number of hydrazine groups is 1. The lowest BCUT2D eigenvalue weighted by molar-refractivity contribution is -0.122. The van der Waals surface area contributed by atoms with E-state index >= 15 is 0 Å². The highest BCUT2D eigenvalue weighted by Gasteiger charge is 2.30. The largest absolute Gasteiger partial charge is 0.273 e. The van der Waals surface area contributed by atoms with Crippen LogP contribution in [0.3, 0.4) is 0 Å². The van der Waals surface area contributed by atoms with Crippen molar-refractivity contribution in [3.8, 4) is 0 Å². The Morgan fingerprint density at radius 3 is 2.80 bits per heavy atom. The Bertz CT molecular complexity index is 512. The Morgan fingerprint density at radius 2 is 2.10 bits per heavy atom. The van der Waals surface area contributed by atoms with E-state index in [1.807, 2.05) is 0 Å². The van der Waals surface area contributed by atoms with E-state index in [9.17, 15) is 9.18 Å². The Balaban J connectivity index is 1.61. The monoisotopic (exact) mass is 276 g/mol. The summed E-state index contributed by atoms with van der Waals surface area (Å²) >= 11 is 0. The van der Waals surface area contributed by atoms with Crippen LogP contribution < -0.4 is 16.3 Å². The molecule has 6 heteroatoms. The van der Waals surface area contributed by atoms with Crippen molar-refractivity contribution in [3.63, 3.8) is 0 Å². The van der Waals surface area contributed by atoms with Gasteiger partial charge in [0.1, 0.15) is 5.82 Å². The van der Waals surface area contributed by atoms with Crippen molar-refractivity contribution in [2.75, 3.05) is 6.54 Å². The maximum absolute atomic E-state index is 12.9. The van der Waals surface area contributed by atoms with Crippen molar-refractivity contribution in [1.29, 1.82) is 0 Å². The maximum Gasteiger partial charge on any atom is 0.243 e. The Morgan fingerprint density at radius 1 is 1.35 bits per heavy atom. The van der Waals surface area contributed by atoms with E-state index in [4.69, 9.17) is 0 Å². The zero-order valence-corrected chi connectivity index (χ0v) is 11.0. The quantitative estimate of drug-likeness (QED) is 0.565. The molecule has 0 aromatic heterocycles. The molecule has 1 aliphatic carbocycles. The molecule has 5 nitrogen and oxygen atoms in total. The molecule has 2 atom stereocenters. The summed E-state index contributed by atoms with van der Waals surface area (Å²) in [6.07, 6.45) is 3.61. The Kier molecular flexibility index (Phi) is 3.75. The molecule has 1 saturated carbocycles. The van der Waals surface area contributed by atoms with Crippen molar-refractivity contribution in [2.24, 2.45) is 11.0 Å². The molecule has 0 radical (unpaired) electrons. The summed E-state index contributed by atoms with van der Waals surface area (Å²) < 4.78 is 12.9. The molecular weight excluding hydrogens is 259 g/mol. The van der Waals surface area contributed by atoms with Crippen molar-refractivity contribution in [2.45, 2.75) is 24.8 Å². The smallest absolute Gasteiger partial charge is 0.243 e. The molecule has 2 fully saturated rings. The number of hydrogen-bond acceptors (Lipinski definition) is 4. The SMILES string of the molecule is O=C(N/N=C/C1NNCC1c1ccc(F)cc1)C1CC1. The highest BCUT2D eigenvalue weighted by molar-refractivity contribution is 5.81. The summed E-state index contributed by atoms with van der Waals surface area (Å²) in [5.41, 5.74) is 9.75. The van der Waals surface area contributed by atoms with Gasteiger partial charge in [-0.3, -0.25) is 10.2 Å². The second-order valence-electron chi connectivity index (χ2n) is 5.24. The van der Waals surface area contributed by atoms with Crippen LogP contribution in [-0.2, 0) is 4.79 Å². The van der Waals surface area contributed by atoms with Crippen LogP contribution in [-0.4, -0.2) is 24.7 Å². The first-order valence-electron chi connectivity index (χ1n) is 6.81. The second-order valence-corrected chi connectivity index (χ2v) is 5.24. The van der Waals surface area contributed by atoms with Crippen LogP contribution in [0.15, 0.2) is 29.4 Å². The number of benzene rings is 1. The lowest BCUT2D eigenvalue weighted by Crippen LogP contribution is -2.33. The van der Waals surface area contributed by atoms with Gasteiger partial charge in [0, 0.05) is 24.6 Å². The van der Waals surface area contributed by atoms with Gasteiger partial charge in [0.15, 0.2) is 0 Å². The number of hydrazone groups is 1. The molecule has 1 heterocycles. The molecule has 2 unspecified atom stereocenters. The third-order valence-corrected chi connectivity index (χ3v) is 3.68. The fourth-order valence-corrected chi connectivity index (χ4v) is 2.31. The van der Waals surface area contributed by atoms with Crippen LogP contribution in [0.25, 0.3) is 0 Å². The van der Waals surface area contributed by atoms with Crippen molar-refractivity contribution in [1.82, 2.24) is 16.3 Å². The molecular formula is C14H17FN4O. The normalized spacial score (nSPS) is 26.1. The summed E-state index contributed by atoms with van der Waals surface area (Å²) in [6.45, 7) is 0.735. The number of nitrogens with one attached hydrogen (secondary N) is 3. The molecule has 20 heavy (non-hydrogen) atoms. The van der Waals surface area contributed by atoms with E-state index in [1.165, 1.54) is 12.1 Å². The fraction of sp³-hybridized carbons (Fsp3) is 0.429. The number of nitrogens with zero attached hydrogens (tertiary/aromatic N) is 1. The molecule has 2 aliphatic rings. The van der Waals surface area contributed by atoms with E-state index in [2.05, 4.69) is 21.4 Å². The van der Waals surface area contributed by atoms with Crippen LogP contribution in [0.4, 0.5) is 4.39 Å². The summed E-state index contributed by atoms with van der Waals surface area (Å²) in [4.78, 5) is 11.5. The molecule has 0 bridgehead atoms. The second kappa shape index (κ2) is 5.68. The summed E-state index contributed by atoms with van der Waals surface area (Å²) in [6, 6.07) is 6.43. The zero-order chi connectivity index (χ0) is 13.9. The van der Waals surface area contributed by atoms with Crippen molar-refractivity contribution < 1.29 is 9.18 Å². The fourth-order valence-electron chi connectivity index (χ4n) is 2.31. The van der Waals surface area contributed by atoms with Gasteiger partial charge in [-0.2, -0.15) is 5.10 Å². The molecule has 106 valence electrons. The number of carbonyl (C=O) groups excluding carboxylic acids is 1. The number of carbonyl (C=O) groups is 1. The first kappa shape index (κ1) is 13.2. The number of amides is 1. The van der Waals surface area contributed by atoms with Gasteiger partial charge in [-0.1, -0.05) is 12.1 Å². The van der Waals surface area contributed by atoms with E-state index in [0.29, 0.717) is 0 Å². The maximum atomic E-state index is 12.9. The van der Waals surface area contributed by atoms with E-state index < -0.39 is 0 Å².